The smallest absolute Gasteiger partial charge is 0.257 e. The van der Waals surface area contributed by atoms with Crippen LogP contribution in [0.25, 0.3) is 0 Å². The molecule has 0 aliphatic heterocycles. The molecule has 0 unspecified atom stereocenters. The Kier molecular flexibility index (Phi) is 5.73. The fourth-order valence-corrected chi connectivity index (χ4v) is 3.13. The third-order valence-corrected chi connectivity index (χ3v) is 4.53. The van der Waals surface area contributed by atoms with E-state index in [0.717, 1.165) is 0 Å². The average molecular weight is 382 g/mol. The van der Waals surface area contributed by atoms with Crippen LogP contribution in [0.5, 0.6) is 11.5 Å². The summed E-state index contributed by atoms with van der Waals surface area (Å²) in [6.07, 6.45) is 0. The fraction of sp³-hybridized carbons (Fsp3) is 0.100. The minimum atomic E-state index is -0.344. The molecule has 3 aromatic rings. The lowest BCUT2D eigenvalue weighted by Gasteiger charge is -2.13. The molecule has 2 aromatic carbocycles. The number of methoxy groups -OCH3 is 2. The highest BCUT2D eigenvalue weighted by Gasteiger charge is 2.15. The number of para-hydroxylation sites is 1. The number of hydrogen-bond donors (Lipinski definition) is 2. The van der Waals surface area contributed by atoms with Crippen LogP contribution in [0.3, 0.4) is 0 Å². The van der Waals surface area contributed by atoms with Gasteiger partial charge in [-0.3, -0.25) is 9.59 Å². The topological polar surface area (TPSA) is 76.7 Å². The van der Waals surface area contributed by atoms with E-state index in [-0.39, 0.29) is 11.8 Å². The number of rotatable bonds is 6. The first kappa shape index (κ1) is 18.5. The van der Waals surface area contributed by atoms with Crippen molar-refractivity contribution in [3.8, 4) is 11.5 Å². The third-order valence-electron chi connectivity index (χ3n) is 3.84. The second-order valence-electron chi connectivity index (χ2n) is 5.54. The molecular weight excluding hydrogens is 364 g/mol. The van der Waals surface area contributed by atoms with Crippen molar-refractivity contribution in [1.82, 2.24) is 0 Å². The van der Waals surface area contributed by atoms with E-state index in [4.69, 9.17) is 9.47 Å². The summed E-state index contributed by atoms with van der Waals surface area (Å²) in [7, 11) is 3.07. The molecule has 0 spiro atoms. The number of thiophene rings is 1. The lowest BCUT2D eigenvalue weighted by molar-refractivity contribution is 0.102. The van der Waals surface area contributed by atoms with E-state index in [9.17, 15) is 9.59 Å². The fourth-order valence-electron chi connectivity index (χ4n) is 2.49. The van der Waals surface area contributed by atoms with Gasteiger partial charge in [0.2, 0.25) is 0 Å². The first-order chi connectivity index (χ1) is 13.1. The van der Waals surface area contributed by atoms with E-state index in [1.54, 1.807) is 61.0 Å². The summed E-state index contributed by atoms with van der Waals surface area (Å²) in [6.45, 7) is 0. The maximum atomic E-state index is 12.7. The highest BCUT2D eigenvalue weighted by Crippen LogP contribution is 2.30. The largest absolute Gasteiger partial charge is 0.493 e. The molecule has 0 saturated heterocycles. The van der Waals surface area contributed by atoms with E-state index in [2.05, 4.69) is 10.6 Å². The number of carbonyl (C=O) groups is 2. The molecular formula is C20H18N2O4S. The molecule has 2 amide bonds. The highest BCUT2D eigenvalue weighted by atomic mass is 32.1. The monoisotopic (exact) mass is 382 g/mol. The average Bonchev–Trinajstić information content (AvgIpc) is 3.23. The highest BCUT2D eigenvalue weighted by molar-refractivity contribution is 7.08. The minimum absolute atomic E-state index is 0.261. The van der Waals surface area contributed by atoms with E-state index >= 15 is 0 Å². The zero-order valence-corrected chi connectivity index (χ0v) is 15.6. The van der Waals surface area contributed by atoms with Gasteiger partial charge in [0.05, 0.1) is 31.0 Å². The summed E-state index contributed by atoms with van der Waals surface area (Å²) < 4.78 is 10.4. The molecule has 27 heavy (non-hydrogen) atoms. The second kappa shape index (κ2) is 8.37. The van der Waals surface area contributed by atoms with Crippen LogP contribution < -0.4 is 20.1 Å². The van der Waals surface area contributed by atoms with Gasteiger partial charge in [0.15, 0.2) is 11.5 Å². The Labute approximate surface area is 160 Å². The Morgan fingerprint density at radius 2 is 1.67 bits per heavy atom. The third kappa shape index (κ3) is 4.27. The Balaban J connectivity index is 1.80. The molecule has 6 nitrogen and oxygen atoms in total. The lowest BCUT2D eigenvalue weighted by Crippen LogP contribution is -2.18. The summed E-state index contributed by atoms with van der Waals surface area (Å²) >= 11 is 1.43. The van der Waals surface area contributed by atoms with Gasteiger partial charge in [-0.05, 0) is 35.7 Å². The predicted octanol–water partition coefficient (Wildman–Crippen LogP) is 4.27. The summed E-state index contributed by atoms with van der Waals surface area (Å²) in [5, 5.41) is 9.17. The number of nitrogens with one attached hydrogen (secondary N) is 2. The molecule has 7 heteroatoms. The maximum absolute atomic E-state index is 12.7. The van der Waals surface area contributed by atoms with E-state index in [0.29, 0.717) is 34.0 Å². The van der Waals surface area contributed by atoms with Gasteiger partial charge in [-0.25, -0.2) is 0 Å². The van der Waals surface area contributed by atoms with Gasteiger partial charge in [-0.1, -0.05) is 12.1 Å². The van der Waals surface area contributed by atoms with Gasteiger partial charge in [0, 0.05) is 17.1 Å². The number of hydrogen-bond acceptors (Lipinski definition) is 5. The molecule has 0 bridgehead atoms. The number of carbonyl (C=O) groups excluding carboxylic acids is 2. The first-order valence-electron chi connectivity index (χ1n) is 8.08. The zero-order chi connectivity index (χ0) is 19.2. The summed E-state index contributed by atoms with van der Waals surface area (Å²) in [4.78, 5) is 25.0. The molecule has 0 fully saturated rings. The molecule has 0 saturated carbocycles. The van der Waals surface area contributed by atoms with Crippen LogP contribution in [0, 0.1) is 0 Å². The standard InChI is InChI=1S/C20H18N2O4S/c1-25-17-8-7-14(11-18(17)26-2)21-20(24)15-5-3-4-6-16(15)22-19(23)13-9-10-27-12-13/h3-12H,1-2H3,(H,21,24)(H,22,23). The van der Waals surface area contributed by atoms with Gasteiger partial charge >= 0.3 is 0 Å². The van der Waals surface area contributed by atoms with Crippen LogP contribution in [0.4, 0.5) is 11.4 Å². The number of ether oxygens (including phenoxy) is 2. The molecule has 0 aliphatic carbocycles. The van der Waals surface area contributed by atoms with Crippen LogP contribution in [-0.2, 0) is 0 Å². The quantitative estimate of drug-likeness (QED) is 0.667. The normalized spacial score (nSPS) is 10.1. The van der Waals surface area contributed by atoms with Crippen molar-refractivity contribution in [1.29, 1.82) is 0 Å². The van der Waals surface area contributed by atoms with Crippen molar-refractivity contribution >= 4 is 34.5 Å². The SMILES string of the molecule is COc1ccc(NC(=O)c2ccccc2NC(=O)c2ccsc2)cc1OC. The van der Waals surface area contributed by atoms with Crippen molar-refractivity contribution in [3.05, 3.63) is 70.4 Å². The summed E-state index contributed by atoms with van der Waals surface area (Å²) in [5.74, 6) is 0.472. The maximum Gasteiger partial charge on any atom is 0.257 e. The number of anilines is 2. The number of benzene rings is 2. The molecule has 0 radical (unpaired) electrons. The molecule has 2 N–H and O–H groups in total. The predicted molar refractivity (Wildman–Crippen MR) is 106 cm³/mol. The second-order valence-corrected chi connectivity index (χ2v) is 6.32. The van der Waals surface area contributed by atoms with Crippen LogP contribution in [0.2, 0.25) is 0 Å². The van der Waals surface area contributed by atoms with Crippen molar-refractivity contribution in [2.24, 2.45) is 0 Å². The Hall–Kier alpha value is -3.32. The lowest BCUT2D eigenvalue weighted by atomic mass is 10.1. The molecule has 0 aliphatic rings. The van der Waals surface area contributed by atoms with Crippen molar-refractivity contribution in [2.75, 3.05) is 24.9 Å². The molecule has 0 atom stereocenters. The van der Waals surface area contributed by atoms with Crippen LogP contribution in [0.1, 0.15) is 20.7 Å². The van der Waals surface area contributed by atoms with Crippen LogP contribution in [-0.4, -0.2) is 26.0 Å². The molecule has 1 heterocycles. The molecule has 138 valence electrons. The van der Waals surface area contributed by atoms with Crippen molar-refractivity contribution < 1.29 is 19.1 Å². The zero-order valence-electron chi connectivity index (χ0n) is 14.8. The van der Waals surface area contributed by atoms with Crippen LogP contribution in [0.15, 0.2) is 59.3 Å². The Morgan fingerprint density at radius 1 is 0.889 bits per heavy atom. The van der Waals surface area contributed by atoms with Gasteiger partial charge < -0.3 is 20.1 Å². The van der Waals surface area contributed by atoms with E-state index in [1.165, 1.54) is 18.4 Å². The van der Waals surface area contributed by atoms with E-state index < -0.39 is 0 Å². The Morgan fingerprint density at radius 3 is 2.37 bits per heavy atom. The number of amides is 2. The van der Waals surface area contributed by atoms with Gasteiger partial charge in [0.25, 0.3) is 11.8 Å². The Bertz CT molecular complexity index is 954. The van der Waals surface area contributed by atoms with Crippen molar-refractivity contribution in [2.45, 2.75) is 0 Å². The summed E-state index contributed by atoms with van der Waals surface area (Å²) in [5.41, 5.74) is 1.90. The van der Waals surface area contributed by atoms with Crippen LogP contribution >= 0.6 is 11.3 Å². The molecule has 1 aromatic heterocycles. The van der Waals surface area contributed by atoms with Gasteiger partial charge in [0.1, 0.15) is 0 Å². The summed E-state index contributed by atoms with van der Waals surface area (Å²) in [6, 6.07) is 13.7. The first-order valence-corrected chi connectivity index (χ1v) is 9.02. The minimum Gasteiger partial charge on any atom is -0.493 e. The van der Waals surface area contributed by atoms with E-state index in [1.807, 2.05) is 5.38 Å². The molecule has 3 rings (SSSR count). The van der Waals surface area contributed by atoms with Crippen molar-refractivity contribution in [3.63, 3.8) is 0 Å². The van der Waals surface area contributed by atoms with Gasteiger partial charge in [-0.2, -0.15) is 11.3 Å². The van der Waals surface area contributed by atoms with Gasteiger partial charge in [-0.15, -0.1) is 0 Å².